The van der Waals surface area contributed by atoms with E-state index in [-0.39, 0.29) is 13.0 Å². The van der Waals surface area contributed by atoms with Crippen LogP contribution in [0.2, 0.25) is 0 Å². The van der Waals surface area contributed by atoms with Crippen molar-refractivity contribution in [2.75, 3.05) is 20.8 Å². The normalized spacial score (nSPS) is 16.4. The Bertz CT molecular complexity index is 1050. The van der Waals surface area contributed by atoms with Gasteiger partial charge in [0, 0.05) is 16.3 Å². The molecule has 1 aromatic carbocycles. The van der Waals surface area contributed by atoms with E-state index in [0.717, 1.165) is 24.1 Å². The van der Waals surface area contributed by atoms with Gasteiger partial charge in [-0.25, -0.2) is 0 Å². The Kier molecular flexibility index (Phi) is 8.35. The fraction of sp³-hybridized carbons (Fsp3) is 0.520. The van der Waals surface area contributed by atoms with Gasteiger partial charge in [0.1, 0.15) is 0 Å². The van der Waals surface area contributed by atoms with Gasteiger partial charge in [-0.2, -0.15) is 13.2 Å². The second kappa shape index (κ2) is 10.9. The van der Waals surface area contributed by atoms with Crippen LogP contribution in [-0.2, 0) is 21.5 Å². The number of amides is 2. The van der Waals surface area contributed by atoms with Gasteiger partial charge in [-0.05, 0) is 61.9 Å². The lowest BCUT2D eigenvalue weighted by Crippen LogP contribution is -2.63. The van der Waals surface area contributed by atoms with Crippen LogP contribution in [0.15, 0.2) is 30.3 Å². The average Bonchev–Trinajstić information content (AvgIpc) is 3.27. The van der Waals surface area contributed by atoms with Gasteiger partial charge in [-0.3, -0.25) is 9.59 Å². The number of nitrogens with two attached hydrogens (primary N) is 1. The highest BCUT2D eigenvalue weighted by molar-refractivity contribution is 7.12. The molecule has 1 aliphatic rings. The van der Waals surface area contributed by atoms with Crippen molar-refractivity contribution < 1.29 is 32.2 Å². The summed E-state index contributed by atoms with van der Waals surface area (Å²) in [5.41, 5.74) is 4.69. The molecule has 1 fully saturated rings. The number of aryl methyl sites for hydroxylation is 1. The Hall–Kier alpha value is -2.75. The summed E-state index contributed by atoms with van der Waals surface area (Å²) in [6.45, 7) is 1.46. The van der Waals surface area contributed by atoms with Crippen LogP contribution in [-0.4, -0.2) is 43.7 Å². The zero-order chi connectivity index (χ0) is 25.8. The smallest absolute Gasteiger partial charge is 0.471 e. The van der Waals surface area contributed by atoms with Crippen molar-refractivity contribution in [2.45, 2.75) is 57.2 Å². The van der Waals surface area contributed by atoms with Crippen molar-refractivity contribution >= 4 is 23.2 Å². The number of rotatable bonds is 9. The molecule has 3 rings (SSSR count). The standard InChI is InChI=1S/C25H31F3N2O4S/c1-16-9-12-21(35-16)24(22(29)31,18-7-5-4-6-8-18)30(23(32)25(26,27)28)14-13-17-10-11-19(33-2)20(15-17)34-3/h9-12,15,18H,4-8,13-14H2,1-3H3,(H2,29,31). The first kappa shape index (κ1) is 26.8. The van der Waals surface area contributed by atoms with E-state index in [1.807, 2.05) is 0 Å². The van der Waals surface area contributed by atoms with Crippen molar-refractivity contribution in [1.82, 2.24) is 4.90 Å². The number of benzene rings is 1. The molecule has 1 unspecified atom stereocenters. The van der Waals surface area contributed by atoms with Crippen LogP contribution in [0.25, 0.3) is 0 Å². The molecular formula is C25H31F3N2O4S. The molecule has 1 aromatic heterocycles. The zero-order valence-corrected chi connectivity index (χ0v) is 20.9. The first-order valence-electron chi connectivity index (χ1n) is 11.5. The number of ether oxygens (including phenoxy) is 2. The Morgan fingerprint density at radius 2 is 1.71 bits per heavy atom. The highest BCUT2D eigenvalue weighted by atomic mass is 32.1. The fourth-order valence-corrected chi connectivity index (χ4v) is 6.19. The molecule has 6 nitrogen and oxygen atoms in total. The second-order valence-corrected chi connectivity index (χ2v) is 10.1. The first-order chi connectivity index (χ1) is 16.5. The van der Waals surface area contributed by atoms with E-state index in [2.05, 4.69) is 0 Å². The number of carbonyl (C=O) groups excluding carboxylic acids is 2. The van der Waals surface area contributed by atoms with E-state index in [9.17, 15) is 22.8 Å². The second-order valence-electron chi connectivity index (χ2n) is 8.77. The number of methoxy groups -OCH3 is 2. The highest BCUT2D eigenvalue weighted by Crippen LogP contribution is 2.47. The van der Waals surface area contributed by atoms with Crippen LogP contribution in [0.3, 0.4) is 0 Å². The number of carbonyl (C=O) groups is 2. The third kappa shape index (κ3) is 5.42. The van der Waals surface area contributed by atoms with E-state index in [4.69, 9.17) is 15.2 Å². The summed E-state index contributed by atoms with van der Waals surface area (Å²) in [5.74, 6) is -2.61. The maximum atomic E-state index is 13.9. The SMILES string of the molecule is COc1ccc(CCN(C(=O)C(F)(F)F)C(C(N)=O)(c2ccc(C)s2)C2CCCCC2)cc1OC. The van der Waals surface area contributed by atoms with Crippen molar-refractivity contribution in [3.63, 3.8) is 0 Å². The van der Waals surface area contributed by atoms with Crippen molar-refractivity contribution in [3.8, 4) is 11.5 Å². The molecule has 192 valence electrons. The number of hydrogen-bond acceptors (Lipinski definition) is 5. The monoisotopic (exact) mass is 512 g/mol. The van der Waals surface area contributed by atoms with Gasteiger partial charge in [0.05, 0.1) is 14.2 Å². The maximum Gasteiger partial charge on any atom is 0.471 e. The lowest BCUT2D eigenvalue weighted by atomic mass is 9.71. The molecule has 0 aliphatic heterocycles. The van der Waals surface area contributed by atoms with Crippen molar-refractivity contribution in [2.24, 2.45) is 11.7 Å². The molecule has 2 N–H and O–H groups in total. The summed E-state index contributed by atoms with van der Waals surface area (Å²) in [5, 5.41) is 0. The lowest BCUT2D eigenvalue weighted by Gasteiger charge is -2.47. The van der Waals surface area contributed by atoms with Crippen molar-refractivity contribution in [3.05, 3.63) is 45.6 Å². The molecule has 1 saturated carbocycles. The third-order valence-electron chi connectivity index (χ3n) is 6.67. The molecule has 10 heteroatoms. The Morgan fingerprint density at radius 3 is 2.23 bits per heavy atom. The van der Waals surface area contributed by atoms with E-state index >= 15 is 0 Å². The van der Waals surface area contributed by atoms with Gasteiger partial charge in [0.15, 0.2) is 17.0 Å². The minimum Gasteiger partial charge on any atom is -0.493 e. The van der Waals surface area contributed by atoms with E-state index in [0.29, 0.717) is 39.7 Å². The van der Waals surface area contributed by atoms with Crippen LogP contribution in [0.5, 0.6) is 11.5 Å². The van der Waals surface area contributed by atoms with E-state index in [1.54, 1.807) is 37.3 Å². The summed E-state index contributed by atoms with van der Waals surface area (Å²) >= 11 is 1.21. The van der Waals surface area contributed by atoms with Crippen LogP contribution in [0.1, 0.15) is 47.4 Å². The highest BCUT2D eigenvalue weighted by Gasteiger charge is 2.58. The van der Waals surface area contributed by atoms with E-state index in [1.165, 1.54) is 25.6 Å². The molecule has 0 saturated heterocycles. The summed E-state index contributed by atoms with van der Waals surface area (Å²) in [6.07, 6.45) is -1.64. The summed E-state index contributed by atoms with van der Waals surface area (Å²) < 4.78 is 52.4. The predicted octanol–water partition coefficient (Wildman–Crippen LogP) is 4.97. The summed E-state index contributed by atoms with van der Waals surface area (Å²) in [4.78, 5) is 28.0. The first-order valence-corrected chi connectivity index (χ1v) is 12.3. The Labute approximate surface area is 207 Å². The van der Waals surface area contributed by atoms with Crippen LogP contribution >= 0.6 is 11.3 Å². The van der Waals surface area contributed by atoms with Crippen LogP contribution in [0.4, 0.5) is 13.2 Å². The molecule has 1 aliphatic carbocycles. The molecule has 1 atom stereocenters. The molecule has 0 spiro atoms. The minimum atomic E-state index is -5.17. The molecule has 1 heterocycles. The van der Waals surface area contributed by atoms with Gasteiger partial charge >= 0.3 is 12.1 Å². The van der Waals surface area contributed by atoms with Gasteiger partial charge in [0.2, 0.25) is 5.91 Å². The zero-order valence-electron chi connectivity index (χ0n) is 20.1. The van der Waals surface area contributed by atoms with Gasteiger partial charge in [-0.15, -0.1) is 11.3 Å². The fourth-order valence-electron chi connectivity index (χ4n) is 5.04. The molecular weight excluding hydrogens is 481 g/mol. The minimum absolute atomic E-state index is 0.0638. The number of nitrogens with zero attached hydrogens (tertiary/aromatic N) is 1. The third-order valence-corrected chi connectivity index (χ3v) is 7.80. The topological polar surface area (TPSA) is 81.9 Å². The summed E-state index contributed by atoms with van der Waals surface area (Å²) in [7, 11) is 2.94. The lowest BCUT2D eigenvalue weighted by molar-refractivity contribution is -0.196. The number of primary amides is 1. The van der Waals surface area contributed by atoms with E-state index < -0.39 is 29.4 Å². The number of thiophene rings is 1. The van der Waals surface area contributed by atoms with Gasteiger partial charge in [0.25, 0.3) is 0 Å². The molecule has 0 bridgehead atoms. The molecule has 35 heavy (non-hydrogen) atoms. The van der Waals surface area contributed by atoms with Gasteiger partial charge < -0.3 is 20.1 Å². The number of alkyl halides is 3. The van der Waals surface area contributed by atoms with Gasteiger partial charge in [-0.1, -0.05) is 25.3 Å². The largest absolute Gasteiger partial charge is 0.493 e. The molecule has 2 amide bonds. The Morgan fingerprint density at radius 1 is 1.06 bits per heavy atom. The maximum absolute atomic E-state index is 13.9. The summed E-state index contributed by atoms with van der Waals surface area (Å²) in [6, 6.07) is 8.36. The molecule has 0 radical (unpaired) electrons. The number of hydrogen-bond donors (Lipinski definition) is 1. The Balaban J connectivity index is 2.12. The molecule has 2 aromatic rings. The van der Waals surface area contributed by atoms with Crippen LogP contribution < -0.4 is 15.2 Å². The average molecular weight is 513 g/mol. The quantitative estimate of drug-likeness (QED) is 0.515. The number of halogens is 3. The van der Waals surface area contributed by atoms with Crippen LogP contribution in [0, 0.1) is 12.8 Å². The predicted molar refractivity (Wildman–Crippen MR) is 128 cm³/mol. The van der Waals surface area contributed by atoms with Crippen molar-refractivity contribution in [1.29, 1.82) is 0 Å².